The zero-order valence-corrected chi connectivity index (χ0v) is 14.6. The molecule has 4 rings (SSSR count). The van der Waals surface area contributed by atoms with Crippen molar-refractivity contribution < 1.29 is 14.3 Å². The van der Waals surface area contributed by atoms with Gasteiger partial charge in [-0.3, -0.25) is 9.59 Å². The van der Waals surface area contributed by atoms with E-state index < -0.39 is 0 Å². The Kier molecular flexibility index (Phi) is 4.21. The third-order valence-electron chi connectivity index (χ3n) is 4.86. The summed E-state index contributed by atoms with van der Waals surface area (Å²) < 4.78 is 7.24. The van der Waals surface area contributed by atoms with Crippen LogP contribution in [0, 0.1) is 0 Å². The van der Waals surface area contributed by atoms with Gasteiger partial charge in [-0.15, -0.1) is 0 Å². The Morgan fingerprint density at radius 1 is 1.08 bits per heavy atom. The maximum Gasteiger partial charge on any atom is 0.310 e. The van der Waals surface area contributed by atoms with E-state index in [9.17, 15) is 9.59 Å². The van der Waals surface area contributed by atoms with Crippen LogP contribution in [0.15, 0.2) is 54.7 Å². The van der Waals surface area contributed by atoms with Crippen LogP contribution in [-0.4, -0.2) is 29.6 Å². The number of carbonyl (C=O) groups is 2. The number of amides is 1. The summed E-state index contributed by atoms with van der Waals surface area (Å²) in [5.74, 6) is -0.566. The van der Waals surface area contributed by atoms with Crippen LogP contribution in [0.3, 0.4) is 0 Å². The van der Waals surface area contributed by atoms with Crippen molar-refractivity contribution >= 4 is 28.5 Å². The van der Waals surface area contributed by atoms with E-state index in [2.05, 4.69) is 0 Å². The summed E-state index contributed by atoms with van der Waals surface area (Å²) in [5.41, 5.74) is 4.05. The summed E-state index contributed by atoms with van der Waals surface area (Å²) in [6.07, 6.45) is 2.93. The molecule has 0 spiro atoms. The number of ether oxygens (including phenoxy) is 1. The van der Waals surface area contributed by atoms with Crippen LogP contribution in [0.5, 0.6) is 0 Å². The van der Waals surface area contributed by atoms with E-state index >= 15 is 0 Å². The van der Waals surface area contributed by atoms with E-state index in [0.29, 0.717) is 6.54 Å². The Labute approximate surface area is 151 Å². The van der Waals surface area contributed by atoms with Gasteiger partial charge in [0.15, 0.2) is 6.61 Å². The van der Waals surface area contributed by atoms with Gasteiger partial charge in [-0.25, -0.2) is 0 Å². The third kappa shape index (κ3) is 2.96. The van der Waals surface area contributed by atoms with Crippen molar-refractivity contribution in [1.29, 1.82) is 0 Å². The highest BCUT2D eigenvalue weighted by Gasteiger charge is 2.25. The van der Waals surface area contributed by atoms with E-state index in [-0.39, 0.29) is 24.9 Å². The molecule has 1 aromatic heterocycles. The molecule has 0 radical (unpaired) electrons. The van der Waals surface area contributed by atoms with Gasteiger partial charge in [-0.2, -0.15) is 0 Å². The maximum absolute atomic E-state index is 12.4. The highest BCUT2D eigenvalue weighted by Crippen LogP contribution is 2.27. The topological polar surface area (TPSA) is 51.5 Å². The zero-order chi connectivity index (χ0) is 18.1. The van der Waals surface area contributed by atoms with Gasteiger partial charge in [-0.1, -0.05) is 36.4 Å². The summed E-state index contributed by atoms with van der Waals surface area (Å²) in [7, 11) is 1.95. The number of rotatable bonds is 4. The molecule has 0 saturated carbocycles. The second kappa shape index (κ2) is 6.67. The van der Waals surface area contributed by atoms with Crippen LogP contribution in [-0.2, 0) is 34.2 Å². The van der Waals surface area contributed by atoms with Gasteiger partial charge in [-0.05, 0) is 29.7 Å². The van der Waals surface area contributed by atoms with Crippen LogP contribution in [0.25, 0.3) is 10.9 Å². The first-order valence-corrected chi connectivity index (χ1v) is 8.70. The van der Waals surface area contributed by atoms with Crippen molar-refractivity contribution in [2.45, 2.75) is 12.8 Å². The van der Waals surface area contributed by atoms with Crippen LogP contribution in [0.4, 0.5) is 5.69 Å². The number of nitrogens with zero attached hydrogens (tertiary/aromatic N) is 2. The number of hydrogen-bond donors (Lipinski definition) is 0. The van der Waals surface area contributed by atoms with Gasteiger partial charge in [0.05, 0.1) is 6.42 Å². The molecule has 1 aliphatic heterocycles. The van der Waals surface area contributed by atoms with Gasteiger partial charge in [0.2, 0.25) is 0 Å². The number of benzene rings is 2. The summed E-state index contributed by atoms with van der Waals surface area (Å²) in [6.45, 7) is 0.414. The predicted molar refractivity (Wildman–Crippen MR) is 100 cm³/mol. The lowest BCUT2D eigenvalue weighted by Crippen LogP contribution is -2.33. The Balaban J connectivity index is 1.39. The Bertz CT molecular complexity index is 990. The monoisotopic (exact) mass is 348 g/mol. The first-order valence-electron chi connectivity index (χ1n) is 8.70. The van der Waals surface area contributed by atoms with Crippen LogP contribution in [0.1, 0.15) is 11.1 Å². The summed E-state index contributed by atoms with van der Waals surface area (Å²) >= 11 is 0. The van der Waals surface area contributed by atoms with Crippen LogP contribution >= 0.6 is 0 Å². The fourth-order valence-electron chi connectivity index (χ4n) is 3.59. The molecule has 3 aromatic rings. The Morgan fingerprint density at radius 2 is 1.85 bits per heavy atom. The van der Waals surface area contributed by atoms with Crippen molar-refractivity contribution in [1.82, 2.24) is 4.57 Å². The molecule has 26 heavy (non-hydrogen) atoms. The van der Waals surface area contributed by atoms with Crippen molar-refractivity contribution in [3.8, 4) is 0 Å². The van der Waals surface area contributed by atoms with Crippen molar-refractivity contribution in [3.63, 3.8) is 0 Å². The molecule has 1 amide bonds. The lowest BCUT2D eigenvalue weighted by molar-refractivity contribution is -0.147. The van der Waals surface area contributed by atoms with Gasteiger partial charge >= 0.3 is 5.97 Å². The molecular weight excluding hydrogens is 328 g/mol. The number of carbonyl (C=O) groups excluding carboxylic acids is 2. The fourth-order valence-corrected chi connectivity index (χ4v) is 3.59. The van der Waals surface area contributed by atoms with Crippen LogP contribution in [0.2, 0.25) is 0 Å². The Morgan fingerprint density at radius 3 is 2.73 bits per heavy atom. The van der Waals surface area contributed by atoms with Crippen molar-refractivity contribution in [3.05, 3.63) is 65.9 Å². The minimum absolute atomic E-state index is 0.158. The standard InChI is InChI=1S/C21H20N2O3/c1-22-13-16(17-7-3-5-9-19(17)22)12-21(25)26-14-20(24)23-11-10-15-6-2-4-8-18(15)23/h2-9,13H,10-12,14H2,1H3. The highest BCUT2D eigenvalue weighted by molar-refractivity contribution is 5.97. The summed E-state index contributed by atoms with van der Waals surface area (Å²) in [4.78, 5) is 26.3. The molecular formula is C21H20N2O3. The van der Waals surface area contributed by atoms with Gasteiger partial charge < -0.3 is 14.2 Å². The molecule has 0 saturated heterocycles. The number of esters is 1. The second-order valence-corrected chi connectivity index (χ2v) is 6.54. The normalized spacial score (nSPS) is 13.0. The number of fused-ring (bicyclic) bond motifs is 2. The predicted octanol–water partition coefficient (Wildman–Crippen LogP) is 2.85. The maximum atomic E-state index is 12.4. The zero-order valence-electron chi connectivity index (χ0n) is 14.6. The molecule has 1 aliphatic rings. The van der Waals surface area contributed by atoms with Crippen molar-refractivity contribution in [2.75, 3.05) is 18.1 Å². The molecule has 2 heterocycles. The molecule has 2 aromatic carbocycles. The number of aromatic nitrogens is 1. The molecule has 5 nitrogen and oxygen atoms in total. The largest absolute Gasteiger partial charge is 0.455 e. The van der Waals surface area contributed by atoms with E-state index in [1.165, 1.54) is 0 Å². The molecule has 132 valence electrons. The van der Waals surface area contributed by atoms with Crippen molar-refractivity contribution in [2.24, 2.45) is 7.05 Å². The second-order valence-electron chi connectivity index (χ2n) is 6.54. The minimum atomic E-state index is -0.387. The highest BCUT2D eigenvalue weighted by atomic mass is 16.5. The number of para-hydroxylation sites is 2. The molecule has 0 atom stereocenters. The van der Waals surface area contributed by atoms with Crippen LogP contribution < -0.4 is 4.90 Å². The molecule has 0 bridgehead atoms. The third-order valence-corrected chi connectivity index (χ3v) is 4.86. The van der Waals surface area contributed by atoms with E-state index in [4.69, 9.17) is 4.74 Å². The SMILES string of the molecule is Cn1cc(CC(=O)OCC(=O)N2CCc3ccccc32)c2ccccc21. The summed E-state index contributed by atoms with van der Waals surface area (Å²) in [6, 6.07) is 15.8. The average Bonchev–Trinajstić information content (AvgIpc) is 3.22. The number of hydrogen-bond acceptors (Lipinski definition) is 3. The quantitative estimate of drug-likeness (QED) is 0.681. The fraction of sp³-hybridized carbons (Fsp3) is 0.238. The van der Waals surface area contributed by atoms with E-state index in [1.807, 2.05) is 66.3 Å². The first-order chi connectivity index (χ1) is 12.6. The van der Waals surface area contributed by atoms with Gasteiger partial charge in [0, 0.05) is 36.4 Å². The minimum Gasteiger partial charge on any atom is -0.455 e. The van der Waals surface area contributed by atoms with E-state index in [1.54, 1.807) is 4.90 Å². The van der Waals surface area contributed by atoms with Gasteiger partial charge in [0.1, 0.15) is 0 Å². The average molecular weight is 348 g/mol. The Hall–Kier alpha value is -3.08. The number of aryl methyl sites for hydroxylation is 1. The van der Waals surface area contributed by atoms with Gasteiger partial charge in [0.25, 0.3) is 5.91 Å². The lowest BCUT2D eigenvalue weighted by atomic mass is 10.1. The molecule has 0 aliphatic carbocycles. The molecule has 0 fully saturated rings. The smallest absolute Gasteiger partial charge is 0.310 e. The molecule has 0 N–H and O–H groups in total. The molecule has 0 unspecified atom stereocenters. The number of anilines is 1. The first kappa shape index (κ1) is 16.4. The summed E-state index contributed by atoms with van der Waals surface area (Å²) in [5, 5.41) is 1.03. The molecule has 5 heteroatoms. The van der Waals surface area contributed by atoms with E-state index in [0.717, 1.165) is 34.1 Å². The lowest BCUT2D eigenvalue weighted by Gasteiger charge is -2.17.